The number of nitrogens with one attached hydrogen (secondary N) is 1. The molecule has 1 fully saturated rings. The Hall–Kier alpha value is -3.65. The Bertz CT molecular complexity index is 1040. The smallest absolute Gasteiger partial charge is 0.328 e. The number of aliphatic carboxylic acids is 2. The van der Waals surface area contributed by atoms with E-state index in [0.717, 1.165) is 63.1 Å². The number of carboxylic acid groups (broad SMARTS) is 2. The van der Waals surface area contributed by atoms with Gasteiger partial charge in [0.2, 0.25) is 5.91 Å². The lowest BCUT2D eigenvalue weighted by Gasteiger charge is -2.37. The summed E-state index contributed by atoms with van der Waals surface area (Å²) in [6.07, 6.45) is 5.77. The lowest BCUT2D eigenvalue weighted by Crippen LogP contribution is -2.49. The van der Waals surface area contributed by atoms with Crippen LogP contribution in [0.15, 0.2) is 66.7 Å². The molecule has 1 aliphatic heterocycles. The van der Waals surface area contributed by atoms with Gasteiger partial charge in [0.15, 0.2) is 0 Å². The van der Waals surface area contributed by atoms with Gasteiger partial charge in [-0.3, -0.25) is 4.79 Å². The van der Waals surface area contributed by atoms with Crippen LogP contribution in [0.4, 0.5) is 0 Å². The third kappa shape index (κ3) is 9.67. The van der Waals surface area contributed by atoms with Crippen molar-refractivity contribution in [3.63, 3.8) is 0 Å². The number of hydrogen-bond donors (Lipinski definition) is 3. The molecule has 0 atom stereocenters. The number of nitrogens with zero attached hydrogens (tertiary/aromatic N) is 1. The summed E-state index contributed by atoms with van der Waals surface area (Å²) in [6.45, 7) is 7.35. The molecule has 2 aromatic carbocycles. The zero-order chi connectivity index (χ0) is 28.0. The molecule has 38 heavy (non-hydrogen) atoms. The minimum absolute atomic E-state index is 0.0982. The monoisotopic (exact) mass is 524 g/mol. The van der Waals surface area contributed by atoms with Crippen LogP contribution in [0.3, 0.4) is 0 Å². The Morgan fingerprint density at radius 1 is 0.974 bits per heavy atom. The van der Waals surface area contributed by atoms with Gasteiger partial charge in [-0.2, -0.15) is 0 Å². The average Bonchev–Trinajstić information content (AvgIpc) is 2.95. The standard InChI is InChI=1S/C26H36N2O2.C4H4O4/c1-4-26(5-2,23-12-9-13-24(20-23)30-3)27-25(29)22-15-18-28(19-16-22)17-14-21-10-7-6-8-11-21;5-3(6)1-2-4(7)8/h6-13,20,22H,4-5,14-19H2,1-3H3,(H,27,29);1-2H,(H,5,6)(H,7,8)/b;2-1+. The van der Waals surface area contributed by atoms with Crippen LogP contribution in [0.1, 0.15) is 50.7 Å². The van der Waals surface area contributed by atoms with Gasteiger partial charge in [-0.05, 0) is 68.5 Å². The molecule has 1 amide bonds. The normalized spacial score (nSPS) is 14.4. The van der Waals surface area contributed by atoms with Crippen LogP contribution in [0.2, 0.25) is 0 Å². The molecule has 2 aromatic rings. The molecule has 3 rings (SSSR count). The predicted molar refractivity (Wildman–Crippen MR) is 147 cm³/mol. The number of rotatable bonds is 11. The fourth-order valence-corrected chi connectivity index (χ4v) is 4.66. The van der Waals surface area contributed by atoms with Crippen molar-refractivity contribution in [2.75, 3.05) is 26.7 Å². The second-order valence-corrected chi connectivity index (χ2v) is 9.37. The molecule has 0 aromatic heterocycles. The third-order valence-corrected chi connectivity index (χ3v) is 7.08. The topological polar surface area (TPSA) is 116 Å². The molecule has 1 aliphatic rings. The SMILES string of the molecule is CCC(CC)(NC(=O)C1CCN(CCc2ccccc2)CC1)c1cccc(OC)c1.O=C(O)/C=C/C(=O)O. The first-order chi connectivity index (χ1) is 18.2. The highest BCUT2D eigenvalue weighted by molar-refractivity contribution is 5.89. The van der Waals surface area contributed by atoms with Gasteiger partial charge >= 0.3 is 11.9 Å². The van der Waals surface area contributed by atoms with Gasteiger partial charge in [0, 0.05) is 24.6 Å². The van der Waals surface area contributed by atoms with Crippen molar-refractivity contribution in [1.82, 2.24) is 10.2 Å². The average molecular weight is 525 g/mol. The summed E-state index contributed by atoms with van der Waals surface area (Å²) in [6, 6.07) is 18.7. The van der Waals surface area contributed by atoms with Crippen molar-refractivity contribution in [1.29, 1.82) is 0 Å². The maximum atomic E-state index is 13.2. The Morgan fingerprint density at radius 2 is 1.58 bits per heavy atom. The van der Waals surface area contributed by atoms with Crippen molar-refractivity contribution in [3.8, 4) is 5.75 Å². The Kier molecular flexibility index (Phi) is 12.5. The lowest BCUT2D eigenvalue weighted by molar-refractivity contribution is -0.134. The summed E-state index contributed by atoms with van der Waals surface area (Å²) in [5.41, 5.74) is 2.17. The van der Waals surface area contributed by atoms with E-state index in [-0.39, 0.29) is 17.4 Å². The maximum Gasteiger partial charge on any atom is 0.328 e. The van der Waals surface area contributed by atoms with Crippen LogP contribution in [0, 0.1) is 5.92 Å². The number of piperidine rings is 1. The highest BCUT2D eigenvalue weighted by Crippen LogP contribution is 2.32. The molecular weight excluding hydrogens is 484 g/mol. The number of amides is 1. The molecule has 1 heterocycles. The molecule has 8 nitrogen and oxygen atoms in total. The van der Waals surface area contributed by atoms with Gasteiger partial charge in [0.25, 0.3) is 0 Å². The van der Waals surface area contributed by atoms with E-state index in [1.807, 2.05) is 12.1 Å². The lowest BCUT2D eigenvalue weighted by atomic mass is 9.83. The number of methoxy groups -OCH3 is 1. The number of benzene rings is 2. The van der Waals surface area contributed by atoms with Crippen LogP contribution in [0.5, 0.6) is 5.75 Å². The molecule has 0 aliphatic carbocycles. The van der Waals surface area contributed by atoms with Crippen LogP contribution < -0.4 is 10.1 Å². The molecule has 0 bridgehead atoms. The van der Waals surface area contributed by atoms with E-state index >= 15 is 0 Å². The number of carbonyl (C=O) groups excluding carboxylic acids is 1. The Morgan fingerprint density at radius 3 is 2.11 bits per heavy atom. The minimum Gasteiger partial charge on any atom is -0.497 e. The summed E-state index contributed by atoms with van der Waals surface area (Å²) in [5, 5.41) is 19.1. The molecule has 1 saturated heterocycles. The van der Waals surface area contributed by atoms with Gasteiger partial charge in [-0.15, -0.1) is 0 Å². The molecular formula is C30H40N2O6. The minimum atomic E-state index is -1.26. The number of carboxylic acids is 2. The number of ether oxygens (including phenoxy) is 1. The van der Waals surface area contributed by atoms with E-state index in [4.69, 9.17) is 14.9 Å². The zero-order valence-corrected chi connectivity index (χ0v) is 22.6. The van der Waals surface area contributed by atoms with Gasteiger partial charge in [0.05, 0.1) is 12.6 Å². The first-order valence-corrected chi connectivity index (χ1v) is 13.1. The van der Waals surface area contributed by atoms with Crippen molar-refractivity contribution < 1.29 is 29.3 Å². The molecule has 0 radical (unpaired) electrons. The number of carbonyl (C=O) groups is 3. The zero-order valence-electron chi connectivity index (χ0n) is 22.6. The number of likely N-dealkylation sites (tertiary alicyclic amines) is 1. The van der Waals surface area contributed by atoms with E-state index in [1.54, 1.807) is 7.11 Å². The van der Waals surface area contributed by atoms with Crippen LogP contribution in [0.25, 0.3) is 0 Å². The van der Waals surface area contributed by atoms with Crippen LogP contribution >= 0.6 is 0 Å². The van der Waals surface area contributed by atoms with Crippen molar-refractivity contribution >= 4 is 17.8 Å². The van der Waals surface area contributed by atoms with E-state index in [9.17, 15) is 14.4 Å². The Balaban J connectivity index is 0.000000550. The van der Waals surface area contributed by atoms with Gasteiger partial charge in [-0.25, -0.2) is 9.59 Å². The van der Waals surface area contributed by atoms with Crippen LogP contribution in [-0.4, -0.2) is 59.7 Å². The second kappa shape index (κ2) is 15.6. The molecule has 0 spiro atoms. The van der Waals surface area contributed by atoms with E-state index in [0.29, 0.717) is 12.2 Å². The van der Waals surface area contributed by atoms with E-state index in [2.05, 4.69) is 66.5 Å². The second-order valence-electron chi connectivity index (χ2n) is 9.37. The van der Waals surface area contributed by atoms with E-state index < -0.39 is 11.9 Å². The quantitative estimate of drug-likeness (QED) is 0.371. The van der Waals surface area contributed by atoms with Gasteiger partial charge < -0.3 is 25.2 Å². The summed E-state index contributed by atoms with van der Waals surface area (Å²) >= 11 is 0. The largest absolute Gasteiger partial charge is 0.497 e. The highest BCUT2D eigenvalue weighted by Gasteiger charge is 2.34. The summed E-state index contributed by atoms with van der Waals surface area (Å²) in [4.78, 5) is 34.8. The number of hydrogen-bond acceptors (Lipinski definition) is 5. The van der Waals surface area contributed by atoms with Gasteiger partial charge in [-0.1, -0.05) is 56.3 Å². The summed E-state index contributed by atoms with van der Waals surface area (Å²) < 4.78 is 5.41. The first kappa shape index (κ1) is 30.6. The predicted octanol–water partition coefficient (Wildman–Crippen LogP) is 4.49. The fraction of sp³-hybridized carbons (Fsp3) is 0.433. The molecule has 8 heteroatoms. The van der Waals surface area contributed by atoms with Crippen molar-refractivity contribution in [2.24, 2.45) is 5.92 Å². The van der Waals surface area contributed by atoms with Gasteiger partial charge in [0.1, 0.15) is 5.75 Å². The summed E-state index contributed by atoms with van der Waals surface area (Å²) in [5.74, 6) is -1.38. The van der Waals surface area contributed by atoms with Crippen LogP contribution in [-0.2, 0) is 26.3 Å². The molecule has 206 valence electrons. The third-order valence-electron chi connectivity index (χ3n) is 7.08. The first-order valence-electron chi connectivity index (χ1n) is 13.1. The highest BCUT2D eigenvalue weighted by atomic mass is 16.5. The molecule has 0 unspecified atom stereocenters. The molecule has 3 N–H and O–H groups in total. The summed E-state index contributed by atoms with van der Waals surface area (Å²) in [7, 11) is 1.68. The van der Waals surface area contributed by atoms with Crippen molar-refractivity contribution in [2.45, 2.75) is 51.5 Å². The maximum absolute atomic E-state index is 13.2. The van der Waals surface area contributed by atoms with Crippen molar-refractivity contribution in [3.05, 3.63) is 77.9 Å². The Labute approximate surface area is 225 Å². The molecule has 0 saturated carbocycles. The fourth-order valence-electron chi connectivity index (χ4n) is 4.66. The van der Waals surface area contributed by atoms with E-state index in [1.165, 1.54) is 5.56 Å².